The van der Waals surface area contributed by atoms with E-state index in [0.717, 1.165) is 33.8 Å². The number of amides is 3. The van der Waals surface area contributed by atoms with Gasteiger partial charge in [-0.15, -0.1) is 0 Å². The van der Waals surface area contributed by atoms with Gasteiger partial charge in [0.25, 0.3) is 5.91 Å². The van der Waals surface area contributed by atoms with Crippen molar-refractivity contribution in [2.45, 2.75) is 46.5 Å². The van der Waals surface area contributed by atoms with Crippen LogP contribution in [-0.4, -0.2) is 35.2 Å². The molecule has 1 aliphatic rings. The van der Waals surface area contributed by atoms with Crippen LogP contribution in [0.15, 0.2) is 29.4 Å². The van der Waals surface area contributed by atoms with Gasteiger partial charge in [-0.05, 0) is 75.6 Å². The number of nitrogens with zero attached hydrogens (tertiary/aromatic N) is 3. The monoisotopic (exact) mass is 462 g/mol. The number of aryl methyl sites for hydroxylation is 2. The Morgan fingerprint density at radius 1 is 1.24 bits per heavy atom. The van der Waals surface area contributed by atoms with Gasteiger partial charge in [0, 0.05) is 12.1 Å². The topological polar surface area (TPSA) is 146 Å². The molecule has 2 aromatic rings. The van der Waals surface area contributed by atoms with Crippen molar-refractivity contribution >= 4 is 35.0 Å². The van der Waals surface area contributed by atoms with Crippen molar-refractivity contribution in [3.8, 4) is 6.07 Å². The maximum Gasteiger partial charge on any atom is 0.414 e. The quantitative estimate of drug-likeness (QED) is 0.442. The summed E-state index contributed by atoms with van der Waals surface area (Å²) in [7, 11) is 0. The van der Waals surface area contributed by atoms with Crippen LogP contribution in [0.1, 0.15) is 48.8 Å². The lowest BCUT2D eigenvalue weighted by molar-refractivity contribution is -0.119. The first-order valence-corrected chi connectivity index (χ1v) is 10.7. The summed E-state index contributed by atoms with van der Waals surface area (Å²) in [4.78, 5) is 40.3. The van der Waals surface area contributed by atoms with E-state index in [0.29, 0.717) is 12.1 Å². The van der Waals surface area contributed by atoms with Gasteiger partial charge in [-0.1, -0.05) is 0 Å². The van der Waals surface area contributed by atoms with E-state index in [4.69, 9.17) is 4.98 Å². The molecule has 0 saturated carbocycles. The van der Waals surface area contributed by atoms with Crippen molar-refractivity contribution < 1.29 is 19.1 Å². The maximum absolute atomic E-state index is 12.2. The number of fused-ring (bicyclic) bond motifs is 1. The molecule has 0 fully saturated rings. The fourth-order valence-corrected chi connectivity index (χ4v) is 3.65. The van der Waals surface area contributed by atoms with E-state index in [1.54, 1.807) is 13.0 Å². The molecule has 0 unspecified atom stereocenters. The van der Waals surface area contributed by atoms with Crippen LogP contribution in [0.25, 0.3) is 0 Å². The molecule has 10 heteroatoms. The van der Waals surface area contributed by atoms with Gasteiger partial charge in [-0.3, -0.25) is 25.3 Å². The smallest absolute Gasteiger partial charge is 0.414 e. The maximum atomic E-state index is 12.2. The number of anilines is 2. The summed E-state index contributed by atoms with van der Waals surface area (Å²) in [6.07, 6.45) is -0.375. The second-order valence-electron chi connectivity index (χ2n) is 8.40. The Hall–Kier alpha value is -4.26. The zero-order chi connectivity index (χ0) is 25.0. The fraction of sp³-hybridized carbons (Fsp3) is 0.333. The number of imide groups is 1. The molecule has 0 atom stereocenters. The Labute approximate surface area is 197 Å². The normalized spacial score (nSPS) is 14.0. The molecule has 3 rings (SSSR count). The molecule has 0 saturated heterocycles. The van der Waals surface area contributed by atoms with Crippen molar-refractivity contribution in [1.29, 1.82) is 5.26 Å². The summed E-state index contributed by atoms with van der Waals surface area (Å²) >= 11 is 0. The third kappa shape index (κ3) is 5.04. The number of hydrazone groups is 1. The van der Waals surface area contributed by atoms with Crippen LogP contribution in [0.5, 0.6) is 0 Å². The van der Waals surface area contributed by atoms with Crippen molar-refractivity contribution in [2.75, 3.05) is 17.3 Å². The number of nitriles is 1. The number of carbonyl (C=O) groups excluding carboxylic acids is 3. The first kappa shape index (κ1) is 24.4. The summed E-state index contributed by atoms with van der Waals surface area (Å²) in [5.41, 5.74) is 7.39. The van der Waals surface area contributed by atoms with Crippen molar-refractivity contribution in [3.05, 3.63) is 52.3 Å². The Balaban J connectivity index is 1.77. The van der Waals surface area contributed by atoms with E-state index in [1.807, 2.05) is 57.3 Å². The number of carbonyl (C=O) groups is 3. The second kappa shape index (κ2) is 9.70. The minimum Gasteiger partial charge on any atom is -0.450 e. The number of hydrogen-bond acceptors (Lipinski definition) is 8. The van der Waals surface area contributed by atoms with Crippen LogP contribution in [0.3, 0.4) is 0 Å². The molecule has 1 aromatic carbocycles. The third-order valence-electron chi connectivity index (χ3n) is 5.52. The number of benzene rings is 1. The molecule has 0 aliphatic carbocycles. The van der Waals surface area contributed by atoms with Crippen molar-refractivity contribution in [3.63, 3.8) is 0 Å². The van der Waals surface area contributed by atoms with E-state index in [-0.39, 0.29) is 12.5 Å². The van der Waals surface area contributed by atoms with Crippen molar-refractivity contribution in [1.82, 2.24) is 10.3 Å². The third-order valence-corrected chi connectivity index (χ3v) is 5.52. The van der Waals surface area contributed by atoms with Gasteiger partial charge in [-0.25, -0.2) is 4.79 Å². The van der Waals surface area contributed by atoms with Gasteiger partial charge in [0.2, 0.25) is 11.6 Å². The summed E-state index contributed by atoms with van der Waals surface area (Å²) in [6.45, 7) is 9.28. The van der Waals surface area contributed by atoms with Crippen LogP contribution in [0.4, 0.5) is 16.2 Å². The molecule has 2 heterocycles. The highest BCUT2D eigenvalue weighted by Crippen LogP contribution is 2.36. The molecule has 3 N–H and O–H groups in total. The molecule has 176 valence electrons. The molecule has 3 amide bonds. The molecule has 0 spiro atoms. The number of rotatable bonds is 6. The summed E-state index contributed by atoms with van der Waals surface area (Å²) < 4.78 is 4.62. The number of ether oxygens (including phenoxy) is 1. The Bertz CT molecular complexity index is 1220. The summed E-state index contributed by atoms with van der Waals surface area (Å²) in [5, 5.41) is 17.8. The van der Waals surface area contributed by atoms with Crippen LogP contribution in [0, 0.1) is 25.2 Å². The highest BCUT2D eigenvalue weighted by atomic mass is 16.5. The first-order valence-electron chi connectivity index (χ1n) is 10.7. The Morgan fingerprint density at radius 3 is 2.53 bits per heavy atom. The lowest BCUT2D eigenvalue weighted by atomic mass is 9.90. The molecule has 1 aliphatic heterocycles. The van der Waals surface area contributed by atoms with Crippen LogP contribution in [0.2, 0.25) is 0 Å². The highest BCUT2D eigenvalue weighted by Gasteiger charge is 2.40. The van der Waals surface area contributed by atoms with Gasteiger partial charge in [0.05, 0.1) is 29.1 Å². The van der Waals surface area contributed by atoms with Crippen LogP contribution < -0.4 is 16.1 Å². The van der Waals surface area contributed by atoms with E-state index in [2.05, 4.69) is 20.6 Å². The van der Waals surface area contributed by atoms with E-state index in [9.17, 15) is 19.6 Å². The molecular weight excluding hydrogens is 436 g/mol. The van der Waals surface area contributed by atoms with Gasteiger partial charge in [-0.2, -0.15) is 10.4 Å². The van der Waals surface area contributed by atoms with E-state index >= 15 is 0 Å². The zero-order valence-electron chi connectivity index (χ0n) is 19.7. The lowest BCUT2D eigenvalue weighted by Crippen LogP contribution is -2.36. The average molecular weight is 463 g/mol. The average Bonchev–Trinajstić information content (AvgIpc) is 2.99. The van der Waals surface area contributed by atoms with Crippen LogP contribution >= 0.6 is 0 Å². The molecule has 0 bridgehead atoms. The largest absolute Gasteiger partial charge is 0.450 e. The zero-order valence-corrected chi connectivity index (χ0v) is 19.7. The molecular formula is C24H26N6O4. The second-order valence-corrected chi connectivity index (χ2v) is 8.40. The number of hydrogen-bond donors (Lipinski definition) is 3. The van der Waals surface area contributed by atoms with Gasteiger partial charge in [0.15, 0.2) is 0 Å². The SMILES string of the molecule is CCOC(=O)NC(=O)C(C#N)=NNc1cc(C)c(Cc2ccc3c(n2)C(C)(C)C(=O)N3)c(C)c1. The standard InChI is InChI=1S/C24H26N6O4/c1-6-34-23(33)28-21(31)19(12-25)30-29-16-9-13(2)17(14(3)10-16)11-15-7-8-18-20(26-15)24(4,5)22(32)27-18/h7-10,29H,6,11H2,1-5H3,(H,27,32)(H,28,31,33). The molecule has 34 heavy (non-hydrogen) atoms. The number of pyridine rings is 1. The van der Waals surface area contributed by atoms with Gasteiger partial charge < -0.3 is 10.1 Å². The predicted molar refractivity (Wildman–Crippen MR) is 126 cm³/mol. The summed E-state index contributed by atoms with van der Waals surface area (Å²) in [5.74, 6) is -1.03. The lowest BCUT2D eigenvalue weighted by Gasteiger charge is -2.16. The predicted octanol–water partition coefficient (Wildman–Crippen LogP) is 3.08. The fourth-order valence-electron chi connectivity index (χ4n) is 3.65. The Morgan fingerprint density at radius 2 is 1.91 bits per heavy atom. The minimum atomic E-state index is -0.961. The number of nitrogens with one attached hydrogen (secondary N) is 3. The van der Waals surface area contributed by atoms with Gasteiger partial charge >= 0.3 is 6.09 Å². The first-order chi connectivity index (χ1) is 16.1. The van der Waals surface area contributed by atoms with E-state index < -0.39 is 23.1 Å². The molecule has 1 aromatic heterocycles. The molecule has 0 radical (unpaired) electrons. The summed E-state index contributed by atoms with van der Waals surface area (Å²) in [6, 6.07) is 9.11. The minimum absolute atomic E-state index is 0.0665. The van der Waals surface area contributed by atoms with Crippen LogP contribution in [-0.2, 0) is 26.2 Å². The van der Waals surface area contributed by atoms with Gasteiger partial charge in [0.1, 0.15) is 6.07 Å². The number of aromatic nitrogens is 1. The highest BCUT2D eigenvalue weighted by molar-refractivity contribution is 6.46. The number of alkyl carbamates (subject to hydrolysis) is 1. The molecule has 10 nitrogen and oxygen atoms in total. The van der Waals surface area contributed by atoms with E-state index in [1.165, 1.54) is 0 Å². The Kier molecular flexibility index (Phi) is 6.96. The van der Waals surface area contributed by atoms with Crippen molar-refractivity contribution in [2.24, 2.45) is 5.10 Å².